The summed E-state index contributed by atoms with van der Waals surface area (Å²) in [7, 11) is 0. The lowest BCUT2D eigenvalue weighted by atomic mass is 9.97. The van der Waals surface area contributed by atoms with E-state index >= 15 is 0 Å². The number of fused-ring (bicyclic) bond motifs is 1. The summed E-state index contributed by atoms with van der Waals surface area (Å²) in [5.74, 6) is -1.01. The maximum absolute atomic E-state index is 12.4. The molecule has 1 atom stereocenters. The highest BCUT2D eigenvalue weighted by atomic mass is 16.4. The second kappa shape index (κ2) is 6.07. The summed E-state index contributed by atoms with van der Waals surface area (Å²) in [6.07, 6.45) is 3.53. The van der Waals surface area contributed by atoms with E-state index in [0.29, 0.717) is 12.8 Å². The van der Waals surface area contributed by atoms with E-state index in [-0.39, 0.29) is 5.91 Å². The number of benzene rings is 1. The minimum atomic E-state index is -0.936. The zero-order valence-electron chi connectivity index (χ0n) is 12.1. The number of hydrogen-bond acceptors (Lipinski definition) is 2. The summed E-state index contributed by atoms with van der Waals surface area (Å²) in [6.45, 7) is 3.77. The number of nitrogens with zero attached hydrogens (tertiary/aromatic N) is 1. The average Bonchev–Trinajstić information content (AvgIpc) is 2.39. The molecule has 1 aliphatic heterocycles. The van der Waals surface area contributed by atoms with Gasteiger partial charge in [-0.25, -0.2) is 4.79 Å². The van der Waals surface area contributed by atoms with Gasteiger partial charge in [0.1, 0.15) is 6.04 Å². The Balaban J connectivity index is 2.54. The van der Waals surface area contributed by atoms with E-state index in [1.165, 1.54) is 4.90 Å². The van der Waals surface area contributed by atoms with Gasteiger partial charge in [0, 0.05) is 12.1 Å². The molecule has 0 radical (unpaired) electrons. The predicted octanol–water partition coefficient (Wildman–Crippen LogP) is 2.92. The maximum Gasteiger partial charge on any atom is 0.326 e. The largest absolute Gasteiger partial charge is 0.480 e. The third-order valence-corrected chi connectivity index (χ3v) is 3.84. The van der Waals surface area contributed by atoms with Gasteiger partial charge in [0.25, 0.3) is 0 Å². The van der Waals surface area contributed by atoms with E-state index in [9.17, 15) is 14.7 Å². The SMILES string of the molecule is CCC(C(=O)O)N1C(=O)CCCCc2ccc(C)cc21. The number of carbonyl (C=O) groups is 2. The Morgan fingerprint density at radius 2 is 2.05 bits per heavy atom. The van der Waals surface area contributed by atoms with E-state index < -0.39 is 12.0 Å². The molecule has 4 heteroatoms. The van der Waals surface area contributed by atoms with Crippen LogP contribution in [0.4, 0.5) is 5.69 Å². The molecule has 1 N–H and O–H groups in total. The van der Waals surface area contributed by atoms with Crippen molar-refractivity contribution in [3.8, 4) is 0 Å². The quantitative estimate of drug-likeness (QED) is 0.922. The van der Waals surface area contributed by atoms with E-state index in [2.05, 4.69) is 0 Å². The third kappa shape index (κ3) is 2.84. The summed E-state index contributed by atoms with van der Waals surface area (Å²) in [6, 6.07) is 5.20. The smallest absolute Gasteiger partial charge is 0.326 e. The first-order valence-corrected chi connectivity index (χ1v) is 7.19. The van der Waals surface area contributed by atoms with Crippen LogP contribution in [0.15, 0.2) is 18.2 Å². The molecule has 0 spiro atoms. The fourth-order valence-electron chi connectivity index (χ4n) is 2.77. The number of carboxylic acid groups (broad SMARTS) is 1. The lowest BCUT2D eigenvalue weighted by Gasteiger charge is -2.32. The Morgan fingerprint density at radius 1 is 1.35 bits per heavy atom. The summed E-state index contributed by atoms with van der Waals surface area (Å²) < 4.78 is 0. The Hall–Kier alpha value is -1.84. The molecule has 20 heavy (non-hydrogen) atoms. The van der Waals surface area contributed by atoms with Gasteiger partial charge in [-0.3, -0.25) is 9.69 Å². The van der Waals surface area contributed by atoms with Crippen molar-refractivity contribution in [2.75, 3.05) is 4.90 Å². The second-order valence-electron chi connectivity index (χ2n) is 5.37. The Kier molecular flexibility index (Phi) is 4.42. The van der Waals surface area contributed by atoms with Crippen molar-refractivity contribution in [3.63, 3.8) is 0 Å². The number of aliphatic carboxylic acids is 1. The third-order valence-electron chi connectivity index (χ3n) is 3.84. The number of hydrogen-bond donors (Lipinski definition) is 1. The first kappa shape index (κ1) is 14.6. The number of anilines is 1. The summed E-state index contributed by atoms with van der Waals surface area (Å²) >= 11 is 0. The van der Waals surface area contributed by atoms with Gasteiger partial charge in [-0.1, -0.05) is 19.1 Å². The molecule has 0 aromatic heterocycles. The van der Waals surface area contributed by atoms with Crippen LogP contribution in [0.5, 0.6) is 0 Å². The van der Waals surface area contributed by atoms with E-state index in [1.54, 1.807) is 6.92 Å². The molecule has 1 amide bonds. The van der Waals surface area contributed by atoms with Crippen molar-refractivity contribution in [2.24, 2.45) is 0 Å². The first-order chi connectivity index (χ1) is 9.54. The molecule has 0 saturated carbocycles. The van der Waals surface area contributed by atoms with Crippen molar-refractivity contribution in [2.45, 2.75) is 52.0 Å². The predicted molar refractivity (Wildman–Crippen MR) is 77.9 cm³/mol. The number of rotatable bonds is 3. The summed E-state index contributed by atoms with van der Waals surface area (Å²) in [5.41, 5.74) is 2.90. The second-order valence-corrected chi connectivity index (χ2v) is 5.37. The van der Waals surface area contributed by atoms with Crippen LogP contribution in [0.3, 0.4) is 0 Å². The van der Waals surface area contributed by atoms with Crippen molar-refractivity contribution < 1.29 is 14.7 Å². The van der Waals surface area contributed by atoms with E-state index in [4.69, 9.17) is 0 Å². The summed E-state index contributed by atoms with van der Waals surface area (Å²) in [4.78, 5) is 25.4. The van der Waals surface area contributed by atoms with Crippen LogP contribution >= 0.6 is 0 Å². The molecule has 1 aromatic rings. The molecule has 0 saturated heterocycles. The number of amides is 1. The summed E-state index contributed by atoms with van der Waals surface area (Å²) in [5, 5.41) is 9.41. The van der Waals surface area contributed by atoms with Crippen molar-refractivity contribution >= 4 is 17.6 Å². The molecular formula is C16H21NO3. The van der Waals surface area contributed by atoms with Crippen LogP contribution < -0.4 is 4.90 Å². The van der Waals surface area contributed by atoms with Gasteiger partial charge in [-0.15, -0.1) is 0 Å². The normalized spacial score (nSPS) is 17.1. The van der Waals surface area contributed by atoms with E-state index in [1.807, 2.05) is 25.1 Å². The molecule has 1 unspecified atom stereocenters. The van der Waals surface area contributed by atoms with Gasteiger partial charge in [-0.05, 0) is 49.8 Å². The van der Waals surface area contributed by atoms with Crippen LogP contribution in [-0.2, 0) is 16.0 Å². The highest BCUT2D eigenvalue weighted by Gasteiger charge is 2.31. The topological polar surface area (TPSA) is 57.6 Å². The van der Waals surface area contributed by atoms with Gasteiger partial charge in [0.15, 0.2) is 0 Å². The fourth-order valence-corrected chi connectivity index (χ4v) is 2.77. The average molecular weight is 275 g/mol. The molecule has 1 aromatic carbocycles. The Morgan fingerprint density at radius 3 is 2.70 bits per heavy atom. The first-order valence-electron chi connectivity index (χ1n) is 7.19. The number of aryl methyl sites for hydroxylation is 2. The molecule has 1 heterocycles. The van der Waals surface area contributed by atoms with Gasteiger partial charge < -0.3 is 5.11 Å². The van der Waals surface area contributed by atoms with Crippen LogP contribution in [0, 0.1) is 6.92 Å². The van der Waals surface area contributed by atoms with Gasteiger partial charge in [-0.2, -0.15) is 0 Å². The van der Waals surface area contributed by atoms with Crippen molar-refractivity contribution in [1.82, 2.24) is 0 Å². The number of carbonyl (C=O) groups excluding carboxylic acids is 1. The van der Waals surface area contributed by atoms with Gasteiger partial charge >= 0.3 is 5.97 Å². The molecule has 2 rings (SSSR count). The number of carboxylic acids is 1. The molecule has 108 valence electrons. The standard InChI is InChI=1S/C16H21NO3/c1-3-13(16(19)20)17-14-10-11(2)8-9-12(14)6-4-5-7-15(17)18/h8-10,13H,3-7H2,1-2H3,(H,19,20). The van der Waals surface area contributed by atoms with Crippen LogP contribution in [0.25, 0.3) is 0 Å². The molecule has 0 bridgehead atoms. The lowest BCUT2D eigenvalue weighted by molar-refractivity contribution is -0.140. The maximum atomic E-state index is 12.4. The minimum absolute atomic E-state index is 0.0780. The highest BCUT2D eigenvalue weighted by Crippen LogP contribution is 2.30. The monoisotopic (exact) mass is 275 g/mol. The van der Waals surface area contributed by atoms with Gasteiger partial charge in [0.2, 0.25) is 5.91 Å². The molecule has 0 fully saturated rings. The lowest BCUT2D eigenvalue weighted by Crippen LogP contribution is -2.46. The highest BCUT2D eigenvalue weighted by molar-refractivity contribution is 6.00. The van der Waals surface area contributed by atoms with Crippen LogP contribution in [0.1, 0.15) is 43.7 Å². The van der Waals surface area contributed by atoms with Gasteiger partial charge in [0.05, 0.1) is 0 Å². The Labute approximate surface area is 119 Å². The van der Waals surface area contributed by atoms with E-state index in [0.717, 1.165) is 36.1 Å². The molecule has 0 aliphatic carbocycles. The molecule has 1 aliphatic rings. The molecule has 4 nitrogen and oxygen atoms in total. The fraction of sp³-hybridized carbons (Fsp3) is 0.500. The zero-order valence-corrected chi connectivity index (χ0v) is 12.1. The van der Waals surface area contributed by atoms with Crippen LogP contribution in [0.2, 0.25) is 0 Å². The minimum Gasteiger partial charge on any atom is -0.480 e. The van der Waals surface area contributed by atoms with Crippen LogP contribution in [-0.4, -0.2) is 23.0 Å². The molecular weight excluding hydrogens is 254 g/mol. The van der Waals surface area contributed by atoms with Crippen molar-refractivity contribution in [3.05, 3.63) is 29.3 Å². The Bertz CT molecular complexity index is 524. The zero-order chi connectivity index (χ0) is 14.7. The van der Waals surface area contributed by atoms with Crippen molar-refractivity contribution in [1.29, 1.82) is 0 Å².